The Morgan fingerprint density at radius 1 is 1.24 bits per heavy atom. The molecule has 3 rings (SSSR count). The van der Waals surface area contributed by atoms with Crippen molar-refractivity contribution in [3.8, 4) is 6.07 Å². The van der Waals surface area contributed by atoms with E-state index >= 15 is 0 Å². The molecule has 1 aliphatic carbocycles. The van der Waals surface area contributed by atoms with Gasteiger partial charge in [0.05, 0.1) is 17.2 Å². The standard InChI is InChI=1S/C15H16F3N3/c16-15(17,18)13-10(9-19)4-3-5-11(13)12-8-14(21-20-12)6-1-2-7-14/h3-5,12,20-21H,1-2,6-8H2. The third kappa shape index (κ3) is 2.52. The maximum Gasteiger partial charge on any atom is 0.418 e. The van der Waals surface area contributed by atoms with Crippen molar-refractivity contribution in [1.82, 2.24) is 10.9 Å². The van der Waals surface area contributed by atoms with Crippen LogP contribution in [0, 0.1) is 11.3 Å². The summed E-state index contributed by atoms with van der Waals surface area (Å²) in [7, 11) is 0. The third-order valence-corrected chi connectivity index (χ3v) is 4.54. The van der Waals surface area contributed by atoms with Gasteiger partial charge in [-0.05, 0) is 30.9 Å². The van der Waals surface area contributed by atoms with Gasteiger partial charge in [-0.2, -0.15) is 18.4 Å². The maximum absolute atomic E-state index is 13.3. The molecule has 1 saturated carbocycles. The zero-order valence-electron chi connectivity index (χ0n) is 11.4. The molecule has 6 heteroatoms. The topological polar surface area (TPSA) is 47.9 Å². The number of nitrogens with one attached hydrogen (secondary N) is 2. The lowest BCUT2D eigenvalue weighted by Crippen LogP contribution is -2.41. The number of benzene rings is 1. The van der Waals surface area contributed by atoms with Crippen LogP contribution in [-0.4, -0.2) is 5.54 Å². The molecule has 1 unspecified atom stereocenters. The highest BCUT2D eigenvalue weighted by molar-refractivity contribution is 5.46. The molecule has 1 heterocycles. The highest BCUT2D eigenvalue weighted by Crippen LogP contribution is 2.44. The first-order valence-corrected chi connectivity index (χ1v) is 7.08. The van der Waals surface area contributed by atoms with Crippen LogP contribution in [0.1, 0.15) is 54.8 Å². The van der Waals surface area contributed by atoms with Crippen LogP contribution >= 0.6 is 0 Å². The van der Waals surface area contributed by atoms with E-state index in [0.29, 0.717) is 6.42 Å². The Balaban J connectivity index is 1.98. The van der Waals surface area contributed by atoms with Gasteiger partial charge in [-0.25, -0.2) is 5.43 Å². The largest absolute Gasteiger partial charge is 0.418 e. The highest BCUT2D eigenvalue weighted by Gasteiger charge is 2.45. The van der Waals surface area contributed by atoms with Crippen molar-refractivity contribution in [2.24, 2.45) is 0 Å². The van der Waals surface area contributed by atoms with E-state index in [1.807, 2.05) is 0 Å². The van der Waals surface area contributed by atoms with E-state index in [-0.39, 0.29) is 16.7 Å². The number of nitriles is 1. The van der Waals surface area contributed by atoms with Crippen molar-refractivity contribution in [2.75, 3.05) is 0 Å². The van der Waals surface area contributed by atoms with Crippen LogP contribution in [0.5, 0.6) is 0 Å². The van der Waals surface area contributed by atoms with Crippen LogP contribution in [0.25, 0.3) is 0 Å². The Morgan fingerprint density at radius 2 is 1.95 bits per heavy atom. The van der Waals surface area contributed by atoms with Gasteiger partial charge in [0.2, 0.25) is 0 Å². The normalized spacial score (nSPS) is 24.4. The van der Waals surface area contributed by atoms with Gasteiger partial charge in [0.25, 0.3) is 0 Å². The number of halogens is 3. The van der Waals surface area contributed by atoms with E-state index in [2.05, 4.69) is 10.9 Å². The van der Waals surface area contributed by atoms with Gasteiger partial charge < -0.3 is 0 Å². The number of hydrogen-bond acceptors (Lipinski definition) is 3. The predicted molar refractivity (Wildman–Crippen MR) is 71.0 cm³/mol. The highest BCUT2D eigenvalue weighted by atomic mass is 19.4. The molecule has 0 aromatic heterocycles. The van der Waals surface area contributed by atoms with Gasteiger partial charge in [-0.15, -0.1) is 0 Å². The number of hydrazine groups is 1. The Bertz CT molecular complexity index is 583. The lowest BCUT2D eigenvalue weighted by Gasteiger charge is -2.22. The molecule has 112 valence electrons. The van der Waals surface area contributed by atoms with Crippen LogP contribution in [-0.2, 0) is 6.18 Å². The molecule has 1 atom stereocenters. The molecule has 0 bridgehead atoms. The second kappa shape index (κ2) is 5.00. The molecule has 1 aromatic carbocycles. The molecule has 2 aliphatic rings. The molecule has 1 aliphatic heterocycles. The van der Waals surface area contributed by atoms with Gasteiger partial charge >= 0.3 is 6.18 Å². The molecule has 0 radical (unpaired) electrons. The Hall–Kier alpha value is -1.58. The van der Waals surface area contributed by atoms with Crippen molar-refractivity contribution < 1.29 is 13.2 Å². The quantitative estimate of drug-likeness (QED) is 0.834. The molecular weight excluding hydrogens is 279 g/mol. The van der Waals surface area contributed by atoms with E-state index in [1.165, 1.54) is 18.2 Å². The second-order valence-corrected chi connectivity index (χ2v) is 5.89. The average Bonchev–Trinajstić information content (AvgIpc) is 3.08. The maximum atomic E-state index is 13.3. The summed E-state index contributed by atoms with van der Waals surface area (Å²) in [6.45, 7) is 0. The van der Waals surface area contributed by atoms with Gasteiger partial charge in [-0.1, -0.05) is 25.0 Å². The summed E-state index contributed by atoms with van der Waals surface area (Å²) in [5, 5.41) is 8.97. The van der Waals surface area contributed by atoms with Crippen LogP contribution in [0.15, 0.2) is 18.2 Å². The van der Waals surface area contributed by atoms with Crippen LogP contribution in [0.3, 0.4) is 0 Å². The molecule has 1 aromatic rings. The minimum Gasteiger partial charge on any atom is -0.251 e. The molecule has 0 amide bonds. The average molecular weight is 295 g/mol. The zero-order chi connectivity index (χ0) is 15.1. The fourth-order valence-electron chi connectivity index (χ4n) is 3.57. The molecule has 2 fully saturated rings. The van der Waals surface area contributed by atoms with Crippen LogP contribution < -0.4 is 10.9 Å². The molecule has 1 saturated heterocycles. The summed E-state index contributed by atoms with van der Waals surface area (Å²) in [6.07, 6.45) is 0.281. The molecule has 21 heavy (non-hydrogen) atoms. The Labute approximate surface area is 121 Å². The number of rotatable bonds is 1. The molecular formula is C15H16F3N3. The first kappa shape index (κ1) is 14.4. The van der Waals surface area contributed by atoms with Gasteiger partial charge in [0.15, 0.2) is 0 Å². The fraction of sp³-hybridized carbons (Fsp3) is 0.533. The zero-order valence-corrected chi connectivity index (χ0v) is 11.4. The first-order valence-electron chi connectivity index (χ1n) is 7.08. The molecule has 2 N–H and O–H groups in total. The minimum absolute atomic E-state index is 0.0871. The van der Waals surface area contributed by atoms with Crippen molar-refractivity contribution in [1.29, 1.82) is 5.26 Å². The Kier molecular flexibility index (Phi) is 3.42. The fourth-order valence-corrected chi connectivity index (χ4v) is 3.57. The lowest BCUT2D eigenvalue weighted by atomic mass is 9.87. The van der Waals surface area contributed by atoms with Crippen molar-refractivity contribution in [2.45, 2.75) is 49.9 Å². The van der Waals surface area contributed by atoms with E-state index in [1.54, 1.807) is 6.07 Å². The summed E-state index contributed by atoms with van der Waals surface area (Å²) >= 11 is 0. The van der Waals surface area contributed by atoms with E-state index in [9.17, 15) is 13.2 Å². The number of alkyl halides is 3. The van der Waals surface area contributed by atoms with E-state index in [0.717, 1.165) is 25.7 Å². The van der Waals surface area contributed by atoms with Crippen LogP contribution in [0.4, 0.5) is 13.2 Å². The summed E-state index contributed by atoms with van der Waals surface area (Å²) in [4.78, 5) is 0. The third-order valence-electron chi connectivity index (χ3n) is 4.54. The van der Waals surface area contributed by atoms with E-state index < -0.39 is 17.8 Å². The van der Waals surface area contributed by atoms with Crippen molar-refractivity contribution in [3.05, 3.63) is 34.9 Å². The predicted octanol–water partition coefficient (Wildman–Crippen LogP) is 3.43. The summed E-state index contributed by atoms with van der Waals surface area (Å²) < 4.78 is 40.0. The smallest absolute Gasteiger partial charge is 0.251 e. The second-order valence-electron chi connectivity index (χ2n) is 5.89. The number of nitrogens with zero attached hydrogens (tertiary/aromatic N) is 1. The number of hydrogen-bond donors (Lipinski definition) is 2. The first-order chi connectivity index (χ1) is 9.95. The van der Waals surface area contributed by atoms with Crippen molar-refractivity contribution in [3.63, 3.8) is 0 Å². The molecule has 1 spiro atoms. The molecule has 3 nitrogen and oxygen atoms in total. The van der Waals surface area contributed by atoms with Crippen LogP contribution in [0.2, 0.25) is 0 Å². The van der Waals surface area contributed by atoms with Gasteiger partial charge in [0.1, 0.15) is 0 Å². The Morgan fingerprint density at radius 3 is 2.57 bits per heavy atom. The summed E-state index contributed by atoms with van der Waals surface area (Å²) in [5.41, 5.74) is 5.17. The monoisotopic (exact) mass is 295 g/mol. The minimum atomic E-state index is -4.52. The van der Waals surface area contributed by atoms with Crippen molar-refractivity contribution >= 4 is 0 Å². The lowest BCUT2D eigenvalue weighted by molar-refractivity contribution is -0.138. The van der Waals surface area contributed by atoms with E-state index in [4.69, 9.17) is 5.26 Å². The van der Waals surface area contributed by atoms with Gasteiger partial charge in [-0.3, -0.25) is 5.43 Å². The summed E-state index contributed by atoms with van der Waals surface area (Å²) in [6, 6.07) is 5.46. The van der Waals surface area contributed by atoms with Gasteiger partial charge in [0, 0.05) is 11.6 Å². The summed E-state index contributed by atoms with van der Waals surface area (Å²) in [5.74, 6) is 0. The SMILES string of the molecule is N#Cc1cccc(C2CC3(CCCC3)NN2)c1C(F)(F)F.